The number of furan rings is 1. The lowest BCUT2D eigenvalue weighted by atomic mass is 10.1. The van der Waals surface area contributed by atoms with Gasteiger partial charge in [0.15, 0.2) is 9.84 Å². The molecule has 5 nitrogen and oxygen atoms in total. The lowest BCUT2D eigenvalue weighted by Gasteiger charge is -2.31. The zero-order chi connectivity index (χ0) is 17.1. The molecule has 0 bridgehead atoms. The number of likely N-dealkylation sites (tertiary alicyclic amines) is 1. The molecule has 1 aromatic heterocycles. The Kier molecular flexibility index (Phi) is 5.38. The van der Waals surface area contributed by atoms with Gasteiger partial charge in [-0.2, -0.15) is 13.2 Å². The van der Waals surface area contributed by atoms with Crippen LogP contribution in [0.4, 0.5) is 13.2 Å². The van der Waals surface area contributed by atoms with E-state index in [9.17, 15) is 26.4 Å². The van der Waals surface area contributed by atoms with E-state index in [-0.39, 0.29) is 31.7 Å². The number of carbonyl (C=O) groups is 1. The molecule has 0 N–H and O–H groups in total. The Morgan fingerprint density at radius 2 is 1.96 bits per heavy atom. The highest BCUT2D eigenvalue weighted by atomic mass is 32.2. The Bertz CT molecular complexity index is 617. The maximum Gasteiger partial charge on any atom is 0.389 e. The summed E-state index contributed by atoms with van der Waals surface area (Å²) in [6.07, 6.45) is -4.23. The normalized spacial score (nSPS) is 17.4. The van der Waals surface area contributed by atoms with Gasteiger partial charge in [-0.25, -0.2) is 8.42 Å². The van der Waals surface area contributed by atoms with Gasteiger partial charge < -0.3 is 9.32 Å². The Morgan fingerprint density at radius 1 is 1.30 bits per heavy atom. The number of carbonyl (C=O) groups excluding carboxylic acids is 1. The van der Waals surface area contributed by atoms with Gasteiger partial charge in [-0.15, -0.1) is 0 Å². The molecule has 0 aromatic carbocycles. The fourth-order valence-electron chi connectivity index (χ4n) is 2.58. The topological polar surface area (TPSA) is 67.6 Å². The van der Waals surface area contributed by atoms with Crippen molar-refractivity contribution < 1.29 is 30.8 Å². The molecule has 1 aliphatic rings. The van der Waals surface area contributed by atoms with E-state index >= 15 is 0 Å². The van der Waals surface area contributed by atoms with Gasteiger partial charge in [0.2, 0.25) is 5.91 Å². The summed E-state index contributed by atoms with van der Waals surface area (Å²) in [5.41, 5.74) is 0. The van der Waals surface area contributed by atoms with Crippen molar-refractivity contribution in [1.82, 2.24) is 4.90 Å². The number of hydrogen-bond acceptors (Lipinski definition) is 4. The fourth-order valence-corrected chi connectivity index (χ4v) is 4.31. The van der Waals surface area contributed by atoms with Crippen molar-refractivity contribution in [2.45, 2.75) is 42.9 Å². The van der Waals surface area contributed by atoms with E-state index in [4.69, 9.17) is 4.42 Å². The van der Waals surface area contributed by atoms with Crippen LogP contribution in [0.25, 0.3) is 0 Å². The average Bonchev–Trinajstić information content (AvgIpc) is 2.96. The second kappa shape index (κ2) is 6.94. The molecule has 23 heavy (non-hydrogen) atoms. The van der Waals surface area contributed by atoms with Gasteiger partial charge in [0.05, 0.1) is 17.9 Å². The van der Waals surface area contributed by atoms with Crippen LogP contribution < -0.4 is 0 Å². The Morgan fingerprint density at radius 3 is 2.48 bits per heavy atom. The quantitative estimate of drug-likeness (QED) is 0.816. The lowest BCUT2D eigenvalue weighted by Crippen LogP contribution is -2.43. The van der Waals surface area contributed by atoms with Crippen molar-refractivity contribution in [2.75, 3.05) is 13.1 Å². The summed E-state index contributed by atoms with van der Waals surface area (Å²) >= 11 is 0. The van der Waals surface area contributed by atoms with E-state index in [2.05, 4.69) is 0 Å². The van der Waals surface area contributed by atoms with E-state index in [0.29, 0.717) is 5.76 Å². The average molecular weight is 353 g/mol. The van der Waals surface area contributed by atoms with E-state index < -0.39 is 40.0 Å². The standard InChI is InChI=1S/C14H18F3NO4S/c15-14(16,17)6-3-13(19)18-7-4-12(5-8-18)23(20,21)10-11-2-1-9-22-11/h1-2,9,12H,3-8,10H2. The molecular formula is C14H18F3NO4S. The molecule has 0 unspecified atom stereocenters. The van der Waals surface area contributed by atoms with Crippen molar-refractivity contribution in [3.63, 3.8) is 0 Å². The molecule has 0 radical (unpaired) electrons. The van der Waals surface area contributed by atoms with Gasteiger partial charge >= 0.3 is 6.18 Å². The van der Waals surface area contributed by atoms with Crippen LogP contribution in [0.1, 0.15) is 31.4 Å². The molecule has 1 aromatic rings. The molecule has 1 fully saturated rings. The van der Waals surface area contributed by atoms with Crippen molar-refractivity contribution in [3.8, 4) is 0 Å². The van der Waals surface area contributed by atoms with Crippen molar-refractivity contribution >= 4 is 15.7 Å². The number of alkyl halides is 3. The van der Waals surface area contributed by atoms with Crippen molar-refractivity contribution in [1.29, 1.82) is 0 Å². The summed E-state index contributed by atoms with van der Waals surface area (Å²) in [5.74, 6) is -0.426. The third-order valence-corrected chi connectivity index (χ3v) is 6.02. The van der Waals surface area contributed by atoms with Crippen molar-refractivity contribution in [2.24, 2.45) is 0 Å². The van der Waals surface area contributed by atoms with E-state index in [0.717, 1.165) is 0 Å². The highest BCUT2D eigenvalue weighted by molar-refractivity contribution is 7.91. The fraction of sp³-hybridized carbons (Fsp3) is 0.643. The molecule has 0 aliphatic carbocycles. The SMILES string of the molecule is O=C(CCC(F)(F)F)N1CCC(S(=O)(=O)Cc2ccco2)CC1. The first-order chi connectivity index (χ1) is 10.7. The first-order valence-corrected chi connectivity index (χ1v) is 8.97. The van der Waals surface area contributed by atoms with Crippen LogP contribution in [-0.4, -0.2) is 43.7 Å². The summed E-state index contributed by atoms with van der Waals surface area (Å²) < 4.78 is 66.0. The van der Waals surface area contributed by atoms with Crippen LogP contribution in [0.5, 0.6) is 0 Å². The first kappa shape index (κ1) is 17.8. The molecule has 9 heteroatoms. The monoisotopic (exact) mass is 353 g/mol. The number of sulfone groups is 1. The van der Waals surface area contributed by atoms with E-state index in [1.807, 2.05) is 0 Å². The molecule has 0 spiro atoms. The van der Waals surface area contributed by atoms with Crippen LogP contribution in [-0.2, 0) is 20.4 Å². The third-order valence-electron chi connectivity index (χ3n) is 3.85. The first-order valence-electron chi connectivity index (χ1n) is 7.26. The predicted molar refractivity (Wildman–Crippen MR) is 76.2 cm³/mol. The summed E-state index contributed by atoms with van der Waals surface area (Å²) in [6, 6.07) is 3.18. The summed E-state index contributed by atoms with van der Waals surface area (Å²) in [4.78, 5) is 13.0. The molecule has 0 atom stereocenters. The van der Waals surface area contributed by atoms with Gasteiger partial charge in [-0.1, -0.05) is 0 Å². The Balaban J connectivity index is 1.84. The molecule has 1 amide bonds. The third kappa shape index (κ3) is 5.26. The summed E-state index contributed by atoms with van der Waals surface area (Å²) in [5, 5.41) is -0.598. The molecule has 1 saturated heterocycles. The lowest BCUT2D eigenvalue weighted by molar-refractivity contribution is -0.149. The number of hydrogen-bond donors (Lipinski definition) is 0. The van der Waals surface area contributed by atoms with Crippen LogP contribution in [0.2, 0.25) is 0 Å². The largest absolute Gasteiger partial charge is 0.468 e. The summed E-state index contributed by atoms with van der Waals surface area (Å²) in [6.45, 7) is 0.331. The van der Waals surface area contributed by atoms with Crippen molar-refractivity contribution in [3.05, 3.63) is 24.2 Å². The number of nitrogens with zero attached hydrogens (tertiary/aromatic N) is 1. The van der Waals surface area contributed by atoms with E-state index in [1.165, 1.54) is 11.2 Å². The number of halogens is 3. The zero-order valence-corrected chi connectivity index (χ0v) is 13.2. The smallest absolute Gasteiger partial charge is 0.389 e. The van der Waals surface area contributed by atoms with Gasteiger partial charge in [-0.3, -0.25) is 4.79 Å². The van der Waals surface area contributed by atoms with Gasteiger partial charge in [0.1, 0.15) is 11.5 Å². The van der Waals surface area contributed by atoms with Crippen LogP contribution in [0.15, 0.2) is 22.8 Å². The maximum absolute atomic E-state index is 12.3. The van der Waals surface area contributed by atoms with Gasteiger partial charge in [0, 0.05) is 19.5 Å². The minimum Gasteiger partial charge on any atom is -0.468 e. The number of piperidine rings is 1. The predicted octanol–water partition coefficient (Wildman–Crippen LogP) is 2.53. The van der Waals surface area contributed by atoms with Gasteiger partial charge in [-0.05, 0) is 25.0 Å². The molecule has 2 rings (SSSR count). The second-order valence-corrected chi connectivity index (χ2v) is 7.86. The second-order valence-electron chi connectivity index (χ2n) is 5.58. The molecule has 2 heterocycles. The highest BCUT2D eigenvalue weighted by Gasteiger charge is 2.34. The molecule has 0 saturated carbocycles. The minimum absolute atomic E-state index is 0.165. The van der Waals surface area contributed by atoms with Crippen LogP contribution in [0, 0.1) is 0 Å². The number of rotatable bonds is 5. The van der Waals surface area contributed by atoms with E-state index in [1.54, 1.807) is 12.1 Å². The van der Waals surface area contributed by atoms with Gasteiger partial charge in [0.25, 0.3) is 0 Å². The molecule has 130 valence electrons. The molecular weight excluding hydrogens is 335 g/mol. The highest BCUT2D eigenvalue weighted by Crippen LogP contribution is 2.25. The summed E-state index contributed by atoms with van der Waals surface area (Å²) in [7, 11) is -3.40. The Labute approximate surface area is 132 Å². The number of amides is 1. The van der Waals surface area contributed by atoms with Crippen LogP contribution >= 0.6 is 0 Å². The molecule has 1 aliphatic heterocycles. The Hall–Kier alpha value is -1.51. The minimum atomic E-state index is -4.36. The zero-order valence-electron chi connectivity index (χ0n) is 12.4. The maximum atomic E-state index is 12.3. The van der Waals surface area contributed by atoms with Crippen LogP contribution in [0.3, 0.4) is 0 Å².